The molecule has 1 aliphatic heterocycles. The van der Waals surface area contributed by atoms with Gasteiger partial charge in [0.05, 0.1) is 0 Å². The average Bonchev–Trinajstić information content (AvgIpc) is 3.07. The van der Waals surface area contributed by atoms with Gasteiger partial charge in [0.1, 0.15) is 11.9 Å². The molecular weight excluding hydrogens is 318 g/mol. The number of hydrogen-bond donors (Lipinski definition) is 2. The lowest BCUT2D eigenvalue weighted by molar-refractivity contribution is -0.124. The van der Waals surface area contributed by atoms with E-state index in [0.717, 1.165) is 38.3 Å². The molecule has 2 aromatic rings. The number of carbonyl (C=O) groups excluding carboxylic acids is 1. The van der Waals surface area contributed by atoms with Crippen LogP contribution in [-0.4, -0.2) is 70.3 Å². The molecule has 1 atom stereocenters. The monoisotopic (exact) mass is 343 g/mol. The smallest absolute Gasteiger partial charge is 0.245 e. The molecule has 25 heavy (non-hydrogen) atoms. The number of aromatic nitrogens is 4. The Hall–Kier alpha value is -2.32. The van der Waals surface area contributed by atoms with Gasteiger partial charge < -0.3 is 10.6 Å². The molecule has 1 aromatic carbocycles. The third-order valence-corrected chi connectivity index (χ3v) is 4.46. The molecule has 1 fully saturated rings. The van der Waals surface area contributed by atoms with Crippen LogP contribution in [0.5, 0.6) is 0 Å². The standard InChI is InChI=1S/C17H25N7O/c1-14-20-21-22-24(14)16(13-15-5-3-2-4-6-15)17(25)19-9-12-23-10-7-18-8-11-23/h2-6,16,18H,7-13H2,1H3,(H,19,25). The van der Waals surface area contributed by atoms with E-state index in [1.54, 1.807) is 4.68 Å². The lowest BCUT2D eigenvalue weighted by Gasteiger charge is -2.27. The molecule has 1 unspecified atom stereocenters. The van der Waals surface area contributed by atoms with Crippen LogP contribution in [0.25, 0.3) is 0 Å². The molecule has 0 bridgehead atoms. The predicted octanol–water partition coefficient (Wildman–Crippen LogP) is -0.213. The Morgan fingerprint density at radius 1 is 1.28 bits per heavy atom. The van der Waals surface area contributed by atoms with Gasteiger partial charge in [-0.3, -0.25) is 9.69 Å². The number of piperazine rings is 1. The number of nitrogens with zero attached hydrogens (tertiary/aromatic N) is 5. The van der Waals surface area contributed by atoms with E-state index < -0.39 is 6.04 Å². The number of rotatable bonds is 7. The van der Waals surface area contributed by atoms with Crippen molar-refractivity contribution >= 4 is 5.91 Å². The zero-order valence-corrected chi connectivity index (χ0v) is 14.6. The third-order valence-electron chi connectivity index (χ3n) is 4.46. The second-order valence-corrected chi connectivity index (χ2v) is 6.26. The van der Waals surface area contributed by atoms with Gasteiger partial charge in [-0.2, -0.15) is 0 Å². The van der Waals surface area contributed by atoms with E-state index in [0.29, 0.717) is 18.8 Å². The Labute approximate surface area is 147 Å². The number of tetrazole rings is 1. The third kappa shape index (κ3) is 4.83. The molecule has 0 spiro atoms. The van der Waals surface area contributed by atoms with Gasteiger partial charge in [0.15, 0.2) is 0 Å². The molecule has 1 amide bonds. The molecule has 2 heterocycles. The van der Waals surface area contributed by atoms with E-state index in [-0.39, 0.29) is 5.91 Å². The van der Waals surface area contributed by atoms with Gasteiger partial charge in [-0.05, 0) is 22.9 Å². The lowest BCUT2D eigenvalue weighted by atomic mass is 10.1. The Balaban J connectivity index is 1.62. The zero-order chi connectivity index (χ0) is 17.5. The van der Waals surface area contributed by atoms with Gasteiger partial charge in [0.25, 0.3) is 0 Å². The Morgan fingerprint density at radius 3 is 2.72 bits per heavy atom. The van der Waals surface area contributed by atoms with Crippen molar-refractivity contribution in [3.63, 3.8) is 0 Å². The minimum absolute atomic E-state index is 0.0469. The maximum Gasteiger partial charge on any atom is 0.245 e. The zero-order valence-electron chi connectivity index (χ0n) is 14.6. The maximum atomic E-state index is 12.8. The second kappa shape index (κ2) is 8.68. The normalized spacial score (nSPS) is 16.5. The fraction of sp³-hybridized carbons (Fsp3) is 0.529. The summed E-state index contributed by atoms with van der Waals surface area (Å²) in [4.78, 5) is 15.1. The first-order valence-electron chi connectivity index (χ1n) is 8.73. The van der Waals surface area contributed by atoms with Crippen LogP contribution in [0.3, 0.4) is 0 Å². The summed E-state index contributed by atoms with van der Waals surface area (Å²) in [5.74, 6) is 0.590. The van der Waals surface area contributed by atoms with Gasteiger partial charge in [0.2, 0.25) is 5.91 Å². The fourth-order valence-electron chi connectivity index (χ4n) is 3.04. The van der Waals surface area contributed by atoms with Crippen molar-refractivity contribution in [3.05, 3.63) is 41.7 Å². The van der Waals surface area contributed by atoms with Crippen LogP contribution < -0.4 is 10.6 Å². The highest BCUT2D eigenvalue weighted by Gasteiger charge is 2.24. The summed E-state index contributed by atoms with van der Waals surface area (Å²) in [6.45, 7) is 7.37. The van der Waals surface area contributed by atoms with Crippen molar-refractivity contribution in [1.29, 1.82) is 0 Å². The molecule has 2 N–H and O–H groups in total. The second-order valence-electron chi connectivity index (χ2n) is 6.26. The molecule has 8 heteroatoms. The van der Waals surface area contributed by atoms with Crippen molar-refractivity contribution < 1.29 is 4.79 Å². The molecular formula is C17H25N7O. The summed E-state index contributed by atoms with van der Waals surface area (Å²) in [5, 5.41) is 18.0. The molecule has 0 radical (unpaired) electrons. The largest absolute Gasteiger partial charge is 0.353 e. The quantitative estimate of drug-likeness (QED) is 0.723. The van der Waals surface area contributed by atoms with Gasteiger partial charge in [0, 0.05) is 45.7 Å². The maximum absolute atomic E-state index is 12.8. The molecule has 0 saturated carbocycles. The van der Waals surface area contributed by atoms with Crippen molar-refractivity contribution in [2.75, 3.05) is 39.3 Å². The Morgan fingerprint density at radius 2 is 2.04 bits per heavy atom. The first-order chi connectivity index (χ1) is 12.2. The minimum atomic E-state index is -0.444. The van der Waals surface area contributed by atoms with E-state index in [2.05, 4.69) is 31.1 Å². The molecule has 1 saturated heterocycles. The van der Waals surface area contributed by atoms with Crippen molar-refractivity contribution in [3.8, 4) is 0 Å². The number of carbonyl (C=O) groups is 1. The first-order valence-corrected chi connectivity index (χ1v) is 8.73. The van der Waals surface area contributed by atoms with Crippen molar-refractivity contribution in [2.24, 2.45) is 0 Å². The van der Waals surface area contributed by atoms with Crippen molar-refractivity contribution in [1.82, 2.24) is 35.7 Å². The highest BCUT2D eigenvalue weighted by Crippen LogP contribution is 2.14. The highest BCUT2D eigenvalue weighted by molar-refractivity contribution is 5.80. The SMILES string of the molecule is Cc1nnnn1C(Cc1ccccc1)C(=O)NCCN1CCNCC1. The van der Waals surface area contributed by atoms with Crippen LogP contribution in [0.15, 0.2) is 30.3 Å². The van der Waals surface area contributed by atoms with E-state index in [4.69, 9.17) is 0 Å². The Kier molecular flexibility index (Phi) is 6.08. The number of hydrogen-bond acceptors (Lipinski definition) is 6. The van der Waals surface area contributed by atoms with Gasteiger partial charge in [-0.15, -0.1) is 5.10 Å². The van der Waals surface area contributed by atoms with Crippen LogP contribution in [0.2, 0.25) is 0 Å². The van der Waals surface area contributed by atoms with E-state index in [1.165, 1.54) is 0 Å². The minimum Gasteiger partial charge on any atom is -0.353 e. The predicted molar refractivity (Wildman–Crippen MR) is 94.1 cm³/mol. The topological polar surface area (TPSA) is 88.0 Å². The van der Waals surface area contributed by atoms with Crippen LogP contribution in [0, 0.1) is 6.92 Å². The van der Waals surface area contributed by atoms with Gasteiger partial charge in [-0.25, -0.2) is 4.68 Å². The van der Waals surface area contributed by atoms with E-state index in [1.807, 2.05) is 37.3 Å². The Bertz CT molecular complexity index is 667. The van der Waals surface area contributed by atoms with Crippen LogP contribution in [-0.2, 0) is 11.2 Å². The van der Waals surface area contributed by atoms with E-state index in [9.17, 15) is 4.79 Å². The first kappa shape index (κ1) is 17.5. The van der Waals surface area contributed by atoms with Crippen LogP contribution >= 0.6 is 0 Å². The molecule has 8 nitrogen and oxygen atoms in total. The van der Waals surface area contributed by atoms with Crippen molar-refractivity contribution in [2.45, 2.75) is 19.4 Å². The summed E-state index contributed by atoms with van der Waals surface area (Å²) >= 11 is 0. The fourth-order valence-corrected chi connectivity index (χ4v) is 3.04. The number of aryl methyl sites for hydroxylation is 1. The van der Waals surface area contributed by atoms with E-state index >= 15 is 0 Å². The number of benzene rings is 1. The number of amides is 1. The molecule has 1 aromatic heterocycles. The molecule has 134 valence electrons. The van der Waals surface area contributed by atoms with Crippen LogP contribution in [0.1, 0.15) is 17.4 Å². The molecule has 3 rings (SSSR count). The highest BCUT2D eigenvalue weighted by atomic mass is 16.2. The lowest BCUT2D eigenvalue weighted by Crippen LogP contribution is -2.47. The summed E-state index contributed by atoms with van der Waals surface area (Å²) in [6, 6.07) is 9.50. The molecule has 0 aliphatic carbocycles. The number of nitrogens with one attached hydrogen (secondary N) is 2. The average molecular weight is 343 g/mol. The summed E-state index contributed by atoms with van der Waals surface area (Å²) in [5.41, 5.74) is 1.08. The van der Waals surface area contributed by atoms with Gasteiger partial charge >= 0.3 is 0 Å². The summed E-state index contributed by atoms with van der Waals surface area (Å²) in [7, 11) is 0. The van der Waals surface area contributed by atoms with Crippen LogP contribution in [0.4, 0.5) is 0 Å². The van der Waals surface area contributed by atoms with Gasteiger partial charge in [-0.1, -0.05) is 30.3 Å². The molecule has 1 aliphatic rings. The summed E-state index contributed by atoms with van der Waals surface area (Å²) < 4.78 is 1.60. The summed E-state index contributed by atoms with van der Waals surface area (Å²) in [6.07, 6.45) is 0.562.